The zero-order valence-corrected chi connectivity index (χ0v) is 12.8. The van der Waals surface area contributed by atoms with Crippen LogP contribution in [0.4, 0.5) is 4.39 Å². The number of hydrogen-bond acceptors (Lipinski definition) is 3. The summed E-state index contributed by atoms with van der Waals surface area (Å²) in [6.45, 7) is 1.90. The van der Waals surface area contributed by atoms with Crippen molar-refractivity contribution in [1.82, 2.24) is 15.3 Å². The van der Waals surface area contributed by atoms with Gasteiger partial charge in [-0.2, -0.15) is 0 Å². The molecule has 1 unspecified atom stereocenters. The molecule has 0 bridgehead atoms. The lowest BCUT2D eigenvalue weighted by atomic mass is 10.1. The van der Waals surface area contributed by atoms with Crippen molar-refractivity contribution in [2.75, 3.05) is 7.05 Å². The lowest BCUT2D eigenvalue weighted by Crippen LogP contribution is -2.21. The molecule has 1 atom stereocenters. The average Bonchev–Trinajstić information content (AvgIpc) is 2.41. The summed E-state index contributed by atoms with van der Waals surface area (Å²) in [6.07, 6.45) is 3.40. The molecule has 1 heterocycles. The number of aryl methyl sites for hydroxylation is 1. The minimum atomic E-state index is -0.473. The highest BCUT2D eigenvalue weighted by Gasteiger charge is 2.21. The summed E-state index contributed by atoms with van der Waals surface area (Å²) in [5.74, 6) is 0.0324. The highest BCUT2D eigenvalue weighted by atomic mass is 79.9. The fourth-order valence-corrected chi connectivity index (χ4v) is 2.22. The second-order valence-electron chi connectivity index (χ2n) is 4.10. The molecule has 3 nitrogen and oxygen atoms in total. The van der Waals surface area contributed by atoms with E-state index < -0.39 is 11.9 Å². The van der Waals surface area contributed by atoms with Crippen molar-refractivity contribution < 1.29 is 4.39 Å². The van der Waals surface area contributed by atoms with E-state index in [9.17, 15) is 4.39 Å². The molecule has 0 aliphatic heterocycles. The third-order valence-corrected chi connectivity index (χ3v) is 3.98. The Kier molecular flexibility index (Phi) is 4.50. The number of nitrogens with zero attached hydrogens (tertiary/aromatic N) is 2. The van der Waals surface area contributed by atoms with Gasteiger partial charge in [-0.25, -0.2) is 14.4 Å². The van der Waals surface area contributed by atoms with Gasteiger partial charge in [-0.15, -0.1) is 0 Å². The molecule has 0 saturated heterocycles. The zero-order valence-electron chi connectivity index (χ0n) is 10.4. The van der Waals surface area contributed by atoms with E-state index in [1.807, 2.05) is 6.92 Å². The lowest BCUT2D eigenvalue weighted by Gasteiger charge is -2.17. The SMILES string of the molecule is CNC(c1ncc(C)cn1)c1ccc(Br)c(Cl)c1F. The Morgan fingerprint density at radius 3 is 2.53 bits per heavy atom. The zero-order chi connectivity index (χ0) is 14.0. The van der Waals surface area contributed by atoms with Crippen molar-refractivity contribution in [2.45, 2.75) is 13.0 Å². The standard InChI is InChI=1S/C13H12BrClFN3/c1-7-5-18-13(19-6-7)12(17-2)8-3-4-9(14)10(15)11(8)16/h3-6,12,17H,1-2H3. The second-order valence-corrected chi connectivity index (χ2v) is 5.34. The third kappa shape index (κ3) is 2.94. The van der Waals surface area contributed by atoms with Crippen molar-refractivity contribution in [3.8, 4) is 0 Å². The Morgan fingerprint density at radius 1 is 1.32 bits per heavy atom. The van der Waals surface area contributed by atoms with Crippen molar-refractivity contribution in [2.24, 2.45) is 0 Å². The first-order valence-electron chi connectivity index (χ1n) is 5.63. The Labute approximate surface area is 124 Å². The summed E-state index contributed by atoms with van der Waals surface area (Å²) in [6, 6.07) is 2.93. The molecule has 6 heteroatoms. The van der Waals surface area contributed by atoms with Gasteiger partial charge >= 0.3 is 0 Å². The molecule has 0 aliphatic rings. The number of nitrogens with one attached hydrogen (secondary N) is 1. The average molecular weight is 345 g/mol. The third-order valence-electron chi connectivity index (χ3n) is 2.72. The van der Waals surface area contributed by atoms with Gasteiger partial charge in [0.1, 0.15) is 11.6 Å². The summed E-state index contributed by atoms with van der Waals surface area (Å²) in [5.41, 5.74) is 1.37. The number of benzene rings is 1. The predicted molar refractivity (Wildman–Crippen MR) is 76.8 cm³/mol. The molecule has 1 aromatic heterocycles. The van der Waals surface area contributed by atoms with Crippen LogP contribution in [0.3, 0.4) is 0 Å². The molecule has 1 N–H and O–H groups in total. The van der Waals surface area contributed by atoms with E-state index in [4.69, 9.17) is 11.6 Å². The summed E-state index contributed by atoms with van der Waals surface area (Å²) < 4.78 is 14.7. The van der Waals surface area contributed by atoms with Crippen molar-refractivity contribution in [3.63, 3.8) is 0 Å². The minimum Gasteiger partial charge on any atom is -0.307 e. The van der Waals surface area contributed by atoms with Crippen molar-refractivity contribution >= 4 is 27.5 Å². The van der Waals surface area contributed by atoms with Gasteiger partial charge < -0.3 is 5.32 Å². The molecule has 0 aliphatic carbocycles. The Bertz CT molecular complexity index is 589. The van der Waals surface area contributed by atoms with Crippen LogP contribution in [0.5, 0.6) is 0 Å². The van der Waals surface area contributed by atoms with Crippen LogP contribution < -0.4 is 5.32 Å². The van der Waals surface area contributed by atoms with Gasteiger partial charge in [0.2, 0.25) is 0 Å². The topological polar surface area (TPSA) is 37.8 Å². The quantitative estimate of drug-likeness (QED) is 0.864. The summed E-state index contributed by atoms with van der Waals surface area (Å²) in [4.78, 5) is 8.45. The molecule has 100 valence electrons. The minimum absolute atomic E-state index is 0.0601. The first-order chi connectivity index (χ1) is 9.04. The highest BCUT2D eigenvalue weighted by Crippen LogP contribution is 2.31. The van der Waals surface area contributed by atoms with E-state index >= 15 is 0 Å². The van der Waals surface area contributed by atoms with Gasteiger partial charge in [-0.05, 0) is 41.5 Å². The fraction of sp³-hybridized carbons (Fsp3) is 0.231. The summed E-state index contributed by atoms with van der Waals surface area (Å²) in [7, 11) is 1.73. The Balaban J connectivity index is 2.48. The molecule has 2 rings (SSSR count). The predicted octanol–water partition coefficient (Wildman–Crippen LogP) is 3.65. The maximum atomic E-state index is 14.2. The lowest BCUT2D eigenvalue weighted by molar-refractivity contribution is 0.562. The monoisotopic (exact) mass is 343 g/mol. The van der Waals surface area contributed by atoms with E-state index in [0.29, 0.717) is 15.9 Å². The normalized spacial score (nSPS) is 12.5. The number of aromatic nitrogens is 2. The van der Waals surface area contributed by atoms with Crippen LogP contribution in [0, 0.1) is 12.7 Å². The molecule has 19 heavy (non-hydrogen) atoms. The molecule has 0 radical (unpaired) electrons. The largest absolute Gasteiger partial charge is 0.307 e. The molecule has 1 aromatic carbocycles. The Hall–Kier alpha value is -1.04. The first kappa shape index (κ1) is 14.4. The Morgan fingerprint density at radius 2 is 1.95 bits per heavy atom. The summed E-state index contributed by atoms with van der Waals surface area (Å²) in [5, 5.41) is 3.06. The fourth-order valence-electron chi connectivity index (χ4n) is 1.74. The van der Waals surface area contributed by atoms with Gasteiger partial charge in [0.05, 0.1) is 11.1 Å². The number of hydrogen-bond donors (Lipinski definition) is 1. The van der Waals surface area contributed by atoms with E-state index in [2.05, 4.69) is 31.2 Å². The van der Waals surface area contributed by atoms with Gasteiger partial charge in [0, 0.05) is 22.4 Å². The second kappa shape index (κ2) is 5.94. The van der Waals surface area contributed by atoms with E-state index in [1.54, 1.807) is 31.6 Å². The van der Waals surface area contributed by atoms with Gasteiger partial charge in [0.25, 0.3) is 0 Å². The van der Waals surface area contributed by atoms with Crippen molar-refractivity contribution in [3.05, 3.63) is 56.8 Å². The maximum absolute atomic E-state index is 14.2. The van der Waals surface area contributed by atoms with Crippen LogP contribution in [0.1, 0.15) is 23.0 Å². The molecular weight excluding hydrogens is 333 g/mol. The molecule has 2 aromatic rings. The molecular formula is C13H12BrClFN3. The van der Waals surface area contributed by atoms with Gasteiger partial charge in [0.15, 0.2) is 0 Å². The number of halogens is 3. The van der Waals surface area contributed by atoms with Crippen molar-refractivity contribution in [1.29, 1.82) is 0 Å². The maximum Gasteiger partial charge on any atom is 0.149 e. The van der Waals surface area contributed by atoms with Crippen LogP contribution in [-0.2, 0) is 0 Å². The van der Waals surface area contributed by atoms with E-state index in [-0.39, 0.29) is 5.02 Å². The van der Waals surface area contributed by atoms with Gasteiger partial charge in [-0.3, -0.25) is 0 Å². The first-order valence-corrected chi connectivity index (χ1v) is 6.81. The van der Waals surface area contributed by atoms with E-state index in [0.717, 1.165) is 5.56 Å². The van der Waals surface area contributed by atoms with Crippen LogP contribution in [-0.4, -0.2) is 17.0 Å². The molecule has 0 amide bonds. The smallest absolute Gasteiger partial charge is 0.149 e. The number of rotatable bonds is 3. The van der Waals surface area contributed by atoms with Gasteiger partial charge in [-0.1, -0.05) is 17.7 Å². The molecule has 0 spiro atoms. The molecule has 0 fully saturated rings. The van der Waals surface area contributed by atoms with Crippen LogP contribution in [0.15, 0.2) is 29.0 Å². The van der Waals surface area contributed by atoms with Crippen LogP contribution in [0.25, 0.3) is 0 Å². The summed E-state index contributed by atoms with van der Waals surface area (Å²) >= 11 is 9.10. The van der Waals surface area contributed by atoms with E-state index in [1.165, 1.54) is 0 Å². The molecule has 0 saturated carbocycles. The van der Waals surface area contributed by atoms with Crippen LogP contribution in [0.2, 0.25) is 5.02 Å². The highest BCUT2D eigenvalue weighted by molar-refractivity contribution is 9.10. The van der Waals surface area contributed by atoms with Crippen LogP contribution >= 0.6 is 27.5 Å².